The lowest BCUT2D eigenvalue weighted by Crippen LogP contribution is -2.09. The smallest absolute Gasteiger partial charge is 0.267 e. The standard InChI is InChI=1S/C14H11ClN2OS2/c1-7-3-4-8(2)12-11(7)16-14(20-12)17-13(18)9-5-6-10(15)19-9/h3-6H,1-2H3,(H,16,17,18). The van der Waals surface area contributed by atoms with Crippen molar-refractivity contribution in [3.05, 3.63) is 44.6 Å². The maximum atomic E-state index is 12.1. The molecule has 0 aliphatic carbocycles. The van der Waals surface area contributed by atoms with Crippen LogP contribution in [0, 0.1) is 13.8 Å². The fourth-order valence-electron chi connectivity index (χ4n) is 1.91. The maximum absolute atomic E-state index is 12.1. The van der Waals surface area contributed by atoms with Gasteiger partial charge in [0.25, 0.3) is 5.91 Å². The van der Waals surface area contributed by atoms with Gasteiger partial charge in [0.05, 0.1) is 19.4 Å². The number of fused-ring (bicyclic) bond motifs is 1. The van der Waals surface area contributed by atoms with Crippen LogP contribution < -0.4 is 5.32 Å². The lowest BCUT2D eigenvalue weighted by Gasteiger charge is -1.97. The first kappa shape index (κ1) is 13.5. The first-order valence-corrected chi connectivity index (χ1v) is 7.99. The van der Waals surface area contributed by atoms with Crippen LogP contribution in [0.25, 0.3) is 10.2 Å². The second-order valence-corrected chi connectivity index (χ2v) is 7.17. The second kappa shape index (κ2) is 5.16. The number of halogens is 1. The molecule has 0 saturated heterocycles. The normalized spacial score (nSPS) is 10.9. The third-order valence-corrected chi connectivity index (χ3v) is 5.30. The molecule has 0 bridgehead atoms. The minimum atomic E-state index is -0.170. The third-order valence-electron chi connectivity index (χ3n) is 2.96. The van der Waals surface area contributed by atoms with E-state index in [1.165, 1.54) is 28.2 Å². The van der Waals surface area contributed by atoms with Crippen LogP contribution in [0.3, 0.4) is 0 Å². The molecular formula is C14H11ClN2OS2. The molecule has 3 aromatic rings. The zero-order valence-corrected chi connectivity index (χ0v) is 13.2. The molecule has 0 atom stereocenters. The quantitative estimate of drug-likeness (QED) is 0.730. The number of anilines is 1. The van der Waals surface area contributed by atoms with E-state index in [0.29, 0.717) is 14.3 Å². The number of aromatic nitrogens is 1. The van der Waals surface area contributed by atoms with Crippen molar-refractivity contribution in [2.24, 2.45) is 0 Å². The summed E-state index contributed by atoms with van der Waals surface area (Å²) in [5.41, 5.74) is 3.23. The molecule has 0 aliphatic rings. The predicted octanol–water partition coefficient (Wildman–Crippen LogP) is 4.88. The summed E-state index contributed by atoms with van der Waals surface area (Å²) in [5, 5.41) is 3.45. The molecule has 0 unspecified atom stereocenters. The number of nitrogens with zero attached hydrogens (tertiary/aromatic N) is 1. The Bertz CT molecular complexity index is 768. The molecule has 1 N–H and O–H groups in total. The highest BCUT2D eigenvalue weighted by atomic mass is 35.5. The van der Waals surface area contributed by atoms with Gasteiger partial charge in [0.2, 0.25) is 0 Å². The Morgan fingerprint density at radius 3 is 2.55 bits per heavy atom. The number of carbonyl (C=O) groups is 1. The second-order valence-electron chi connectivity index (χ2n) is 4.45. The van der Waals surface area contributed by atoms with Crippen molar-refractivity contribution in [3.63, 3.8) is 0 Å². The SMILES string of the molecule is Cc1ccc(C)c2sc(NC(=O)c3ccc(Cl)s3)nc12. The molecule has 0 radical (unpaired) electrons. The van der Waals surface area contributed by atoms with Crippen molar-refractivity contribution < 1.29 is 4.79 Å². The Labute approximate surface area is 129 Å². The largest absolute Gasteiger partial charge is 0.297 e. The summed E-state index contributed by atoms with van der Waals surface area (Å²) < 4.78 is 1.72. The number of thiophene rings is 1. The van der Waals surface area contributed by atoms with Crippen LogP contribution in [-0.4, -0.2) is 10.9 Å². The number of aryl methyl sites for hydroxylation is 2. The third kappa shape index (κ3) is 2.44. The van der Waals surface area contributed by atoms with Crippen LogP contribution in [0.5, 0.6) is 0 Å². The highest BCUT2D eigenvalue weighted by Gasteiger charge is 2.13. The van der Waals surface area contributed by atoms with E-state index >= 15 is 0 Å². The highest BCUT2D eigenvalue weighted by molar-refractivity contribution is 7.22. The van der Waals surface area contributed by atoms with Crippen LogP contribution in [0.4, 0.5) is 5.13 Å². The number of thiazole rings is 1. The summed E-state index contributed by atoms with van der Waals surface area (Å²) >= 11 is 8.59. The van der Waals surface area contributed by atoms with Gasteiger partial charge in [0.15, 0.2) is 5.13 Å². The van der Waals surface area contributed by atoms with Crippen molar-refractivity contribution in [2.75, 3.05) is 5.32 Å². The molecule has 0 spiro atoms. The molecule has 3 rings (SSSR count). The molecule has 6 heteroatoms. The zero-order chi connectivity index (χ0) is 14.3. The monoisotopic (exact) mass is 322 g/mol. The highest BCUT2D eigenvalue weighted by Crippen LogP contribution is 2.31. The van der Waals surface area contributed by atoms with Gasteiger partial charge in [-0.3, -0.25) is 10.1 Å². The fourth-order valence-corrected chi connectivity index (χ4v) is 3.85. The lowest BCUT2D eigenvalue weighted by atomic mass is 10.1. The van der Waals surface area contributed by atoms with E-state index in [4.69, 9.17) is 11.6 Å². The molecule has 3 nitrogen and oxygen atoms in total. The van der Waals surface area contributed by atoms with Gasteiger partial charge in [0.1, 0.15) is 0 Å². The van der Waals surface area contributed by atoms with Gasteiger partial charge in [-0.1, -0.05) is 35.1 Å². The van der Waals surface area contributed by atoms with E-state index in [1.807, 2.05) is 19.9 Å². The maximum Gasteiger partial charge on any atom is 0.267 e. The van der Waals surface area contributed by atoms with Crippen molar-refractivity contribution in [1.29, 1.82) is 0 Å². The van der Waals surface area contributed by atoms with E-state index in [0.717, 1.165) is 15.8 Å². The van der Waals surface area contributed by atoms with Crippen LogP contribution in [0.15, 0.2) is 24.3 Å². The van der Waals surface area contributed by atoms with Crippen LogP contribution in [0.1, 0.15) is 20.8 Å². The summed E-state index contributed by atoms with van der Waals surface area (Å²) in [6, 6.07) is 7.54. The fraction of sp³-hybridized carbons (Fsp3) is 0.143. The number of amides is 1. The number of hydrogen-bond donors (Lipinski definition) is 1. The number of benzene rings is 1. The number of carbonyl (C=O) groups excluding carboxylic acids is 1. The van der Waals surface area contributed by atoms with E-state index in [9.17, 15) is 4.79 Å². The molecule has 0 aliphatic heterocycles. The van der Waals surface area contributed by atoms with Crippen molar-refractivity contribution >= 4 is 55.5 Å². The van der Waals surface area contributed by atoms with Gasteiger partial charge < -0.3 is 0 Å². The predicted molar refractivity (Wildman–Crippen MR) is 86.4 cm³/mol. The number of rotatable bonds is 2. The molecule has 2 heterocycles. The van der Waals surface area contributed by atoms with Crippen molar-refractivity contribution in [1.82, 2.24) is 4.98 Å². The Morgan fingerprint density at radius 2 is 1.90 bits per heavy atom. The molecule has 0 fully saturated rings. The van der Waals surface area contributed by atoms with Gasteiger partial charge in [-0.05, 0) is 37.1 Å². The summed E-state index contributed by atoms with van der Waals surface area (Å²) in [6.45, 7) is 4.07. The van der Waals surface area contributed by atoms with E-state index in [2.05, 4.69) is 16.4 Å². The topological polar surface area (TPSA) is 42.0 Å². The van der Waals surface area contributed by atoms with Gasteiger partial charge in [0, 0.05) is 0 Å². The van der Waals surface area contributed by atoms with Gasteiger partial charge >= 0.3 is 0 Å². The van der Waals surface area contributed by atoms with E-state index < -0.39 is 0 Å². The minimum absolute atomic E-state index is 0.170. The van der Waals surface area contributed by atoms with Gasteiger partial charge in [-0.25, -0.2) is 4.98 Å². The van der Waals surface area contributed by atoms with E-state index in [-0.39, 0.29) is 5.91 Å². The average molecular weight is 323 g/mol. The van der Waals surface area contributed by atoms with Crippen molar-refractivity contribution in [2.45, 2.75) is 13.8 Å². The van der Waals surface area contributed by atoms with Crippen LogP contribution in [-0.2, 0) is 0 Å². The Kier molecular flexibility index (Phi) is 3.50. The lowest BCUT2D eigenvalue weighted by molar-refractivity contribution is 0.103. The summed E-state index contributed by atoms with van der Waals surface area (Å²) in [6.07, 6.45) is 0. The Morgan fingerprint density at radius 1 is 1.15 bits per heavy atom. The molecule has 102 valence electrons. The first-order valence-electron chi connectivity index (χ1n) is 5.98. The minimum Gasteiger partial charge on any atom is -0.297 e. The van der Waals surface area contributed by atoms with Gasteiger partial charge in [-0.15, -0.1) is 11.3 Å². The van der Waals surface area contributed by atoms with E-state index in [1.54, 1.807) is 12.1 Å². The first-order chi connectivity index (χ1) is 9.54. The Balaban J connectivity index is 1.93. The zero-order valence-electron chi connectivity index (χ0n) is 10.9. The number of hydrogen-bond acceptors (Lipinski definition) is 4. The molecule has 1 aromatic carbocycles. The number of nitrogens with one attached hydrogen (secondary N) is 1. The molecule has 0 saturated carbocycles. The van der Waals surface area contributed by atoms with Crippen LogP contribution in [0.2, 0.25) is 4.34 Å². The average Bonchev–Trinajstić information content (AvgIpc) is 3.01. The summed E-state index contributed by atoms with van der Waals surface area (Å²) in [4.78, 5) is 17.2. The molecular weight excluding hydrogens is 312 g/mol. The summed E-state index contributed by atoms with van der Waals surface area (Å²) in [7, 11) is 0. The van der Waals surface area contributed by atoms with Gasteiger partial charge in [-0.2, -0.15) is 0 Å². The van der Waals surface area contributed by atoms with Crippen molar-refractivity contribution in [3.8, 4) is 0 Å². The molecule has 1 amide bonds. The molecule has 2 aromatic heterocycles. The van der Waals surface area contributed by atoms with Crippen LogP contribution >= 0.6 is 34.3 Å². The summed E-state index contributed by atoms with van der Waals surface area (Å²) in [5.74, 6) is -0.170. The molecule has 20 heavy (non-hydrogen) atoms. The Hall–Kier alpha value is -1.43.